The molecule has 46 heavy (non-hydrogen) atoms. The Morgan fingerprint density at radius 1 is 1.11 bits per heavy atom. The highest BCUT2D eigenvalue weighted by Gasteiger charge is 2.28. The van der Waals surface area contributed by atoms with Gasteiger partial charge in [0, 0.05) is 75.4 Å². The Kier molecular flexibility index (Phi) is 9.45. The summed E-state index contributed by atoms with van der Waals surface area (Å²) in [6.45, 7) is 3.53. The van der Waals surface area contributed by atoms with Crippen molar-refractivity contribution in [1.29, 1.82) is 5.41 Å². The highest BCUT2D eigenvalue weighted by atomic mass is 19.1. The number of carbonyl (C=O) groups is 2. The van der Waals surface area contributed by atoms with E-state index in [-0.39, 0.29) is 54.2 Å². The van der Waals surface area contributed by atoms with Crippen molar-refractivity contribution < 1.29 is 28.2 Å². The minimum absolute atomic E-state index is 0.0289. The maximum absolute atomic E-state index is 15.0. The van der Waals surface area contributed by atoms with Gasteiger partial charge in [-0.25, -0.2) is 14.2 Å². The summed E-state index contributed by atoms with van der Waals surface area (Å²) in [6, 6.07) is 7.96. The fraction of sp³-hybridized carbons (Fsp3) is 0.469. The number of halogens is 1. The Balaban J connectivity index is 1.05. The summed E-state index contributed by atoms with van der Waals surface area (Å²) in [7, 11) is 1.77. The largest absolute Gasteiger partial charge is 0.493 e. The number of piperidine rings is 1. The predicted octanol–water partition coefficient (Wildman–Crippen LogP) is 3.36. The lowest BCUT2D eigenvalue weighted by Crippen LogP contribution is -2.52. The Labute approximate surface area is 264 Å². The maximum Gasteiger partial charge on any atom is 0.329 e. The number of aromatic amines is 1. The molecule has 0 bridgehead atoms. The Hall–Kier alpha value is -4.56. The number of amidine groups is 1. The summed E-state index contributed by atoms with van der Waals surface area (Å²) in [5.41, 5.74) is 1.94. The van der Waals surface area contributed by atoms with Crippen LogP contribution in [-0.4, -0.2) is 85.2 Å². The van der Waals surface area contributed by atoms with Crippen molar-refractivity contribution in [3.8, 4) is 5.75 Å². The zero-order chi connectivity index (χ0) is 32.2. The van der Waals surface area contributed by atoms with Gasteiger partial charge in [0.15, 0.2) is 0 Å². The van der Waals surface area contributed by atoms with E-state index in [1.807, 2.05) is 18.2 Å². The van der Waals surface area contributed by atoms with Crippen molar-refractivity contribution >= 4 is 40.1 Å². The molecule has 3 saturated heterocycles. The molecule has 244 valence electrons. The molecule has 13 nitrogen and oxygen atoms in total. The van der Waals surface area contributed by atoms with E-state index >= 15 is 0 Å². The quantitative estimate of drug-likeness (QED) is 0.204. The Bertz CT molecular complexity index is 1680. The van der Waals surface area contributed by atoms with Crippen LogP contribution in [0, 0.1) is 17.1 Å². The lowest BCUT2D eigenvalue weighted by molar-refractivity contribution is -0.121. The monoisotopic (exact) mass is 635 g/mol. The number of hydrogen-bond acceptors (Lipinski definition) is 10. The highest BCUT2D eigenvalue weighted by Crippen LogP contribution is 2.30. The van der Waals surface area contributed by atoms with Crippen LogP contribution in [0.2, 0.25) is 0 Å². The molecule has 0 spiro atoms. The van der Waals surface area contributed by atoms with Crippen LogP contribution in [0.25, 0.3) is 10.9 Å². The smallest absolute Gasteiger partial charge is 0.329 e. The van der Waals surface area contributed by atoms with Gasteiger partial charge in [0.2, 0.25) is 5.91 Å². The van der Waals surface area contributed by atoms with E-state index in [9.17, 15) is 18.8 Å². The number of rotatable bonds is 9. The summed E-state index contributed by atoms with van der Waals surface area (Å²) in [5.74, 6) is -0.0770. The number of urea groups is 1. The zero-order valence-corrected chi connectivity index (χ0v) is 25.7. The SMILES string of the molecule is CNc1cc(N2CCC(COc3cc(F)c4c(=O)[nH]c(COC5CCOCC5)nc4c3)CC2)ccc1C(=N)N1CCC(=O)NC1=O. The number of aromatic nitrogens is 2. The van der Waals surface area contributed by atoms with Crippen LogP contribution < -0.4 is 25.8 Å². The number of nitrogens with one attached hydrogen (secondary N) is 4. The summed E-state index contributed by atoms with van der Waals surface area (Å²) >= 11 is 0. The molecule has 1 aromatic heterocycles. The third-order valence-electron chi connectivity index (χ3n) is 8.72. The average molecular weight is 636 g/mol. The third-order valence-corrected chi connectivity index (χ3v) is 8.72. The molecule has 6 rings (SSSR count). The number of amides is 3. The lowest BCUT2D eigenvalue weighted by Gasteiger charge is -2.34. The number of anilines is 2. The molecule has 3 aliphatic heterocycles. The van der Waals surface area contributed by atoms with E-state index < -0.39 is 17.4 Å². The van der Waals surface area contributed by atoms with Gasteiger partial charge in [0.05, 0.1) is 18.2 Å². The number of carbonyl (C=O) groups excluding carboxylic acids is 2. The van der Waals surface area contributed by atoms with Crippen molar-refractivity contribution in [1.82, 2.24) is 20.2 Å². The van der Waals surface area contributed by atoms with Gasteiger partial charge in [-0.05, 0) is 49.8 Å². The van der Waals surface area contributed by atoms with Gasteiger partial charge in [-0.3, -0.25) is 25.2 Å². The van der Waals surface area contributed by atoms with E-state index in [2.05, 4.69) is 25.5 Å². The number of H-pyrrole nitrogens is 1. The fourth-order valence-corrected chi connectivity index (χ4v) is 6.08. The van der Waals surface area contributed by atoms with Crippen molar-refractivity contribution in [2.24, 2.45) is 5.92 Å². The van der Waals surface area contributed by atoms with Gasteiger partial charge < -0.3 is 29.4 Å². The molecule has 0 atom stereocenters. The van der Waals surface area contributed by atoms with E-state index in [0.717, 1.165) is 44.5 Å². The van der Waals surface area contributed by atoms with Crippen molar-refractivity contribution in [3.05, 3.63) is 57.9 Å². The summed E-state index contributed by atoms with van der Waals surface area (Å²) in [4.78, 5) is 47.0. The number of ether oxygens (including phenoxy) is 3. The van der Waals surface area contributed by atoms with E-state index in [1.54, 1.807) is 13.1 Å². The van der Waals surface area contributed by atoms with Gasteiger partial charge in [-0.15, -0.1) is 0 Å². The fourth-order valence-electron chi connectivity index (χ4n) is 6.08. The first-order valence-corrected chi connectivity index (χ1v) is 15.6. The molecule has 14 heteroatoms. The number of hydrogen-bond donors (Lipinski definition) is 4. The minimum Gasteiger partial charge on any atom is -0.493 e. The van der Waals surface area contributed by atoms with Gasteiger partial charge in [-0.2, -0.15) is 0 Å². The molecule has 0 unspecified atom stereocenters. The molecule has 0 aliphatic carbocycles. The second kappa shape index (κ2) is 13.8. The molecule has 4 heterocycles. The number of fused-ring (bicyclic) bond motifs is 1. The third kappa shape index (κ3) is 6.97. The van der Waals surface area contributed by atoms with E-state index in [0.29, 0.717) is 42.6 Å². The molecule has 4 N–H and O–H groups in total. The van der Waals surface area contributed by atoms with Crippen LogP contribution >= 0.6 is 0 Å². The van der Waals surface area contributed by atoms with Gasteiger partial charge in [0.25, 0.3) is 5.56 Å². The molecule has 2 aromatic carbocycles. The number of nitrogens with zero attached hydrogens (tertiary/aromatic N) is 3. The molecule has 3 fully saturated rings. The lowest BCUT2D eigenvalue weighted by atomic mass is 9.97. The number of imide groups is 1. The van der Waals surface area contributed by atoms with Gasteiger partial charge >= 0.3 is 6.03 Å². The minimum atomic E-state index is -0.681. The van der Waals surface area contributed by atoms with Crippen LogP contribution in [0.4, 0.5) is 20.6 Å². The molecule has 0 radical (unpaired) electrons. The van der Waals surface area contributed by atoms with E-state index in [1.165, 1.54) is 11.0 Å². The molecule has 3 aromatic rings. The second-order valence-electron chi connectivity index (χ2n) is 11.8. The van der Waals surface area contributed by atoms with Gasteiger partial charge in [-0.1, -0.05) is 0 Å². The highest BCUT2D eigenvalue weighted by molar-refractivity contribution is 6.13. The first-order chi connectivity index (χ1) is 22.3. The summed E-state index contributed by atoms with van der Waals surface area (Å²) < 4.78 is 32.2. The standard InChI is InChI=1S/C32H38FN7O6/c1-35-25-14-20(2-3-23(25)30(34)40-11-6-28(41)38-32(40)43)39-9-4-19(5-10-39)17-45-22-15-24(33)29-26(16-22)36-27(37-31(29)42)18-46-21-7-12-44-13-8-21/h2-3,14-16,19,21,34-35H,4-13,17-18H2,1H3,(H,36,37,42)(H,38,41,43). The first-order valence-electron chi connectivity index (χ1n) is 15.6. The van der Waals surface area contributed by atoms with Crippen molar-refractivity contribution in [3.63, 3.8) is 0 Å². The molecule has 3 amide bonds. The van der Waals surface area contributed by atoms with Crippen LogP contribution in [0.3, 0.4) is 0 Å². The van der Waals surface area contributed by atoms with Crippen LogP contribution in [-0.2, 0) is 20.9 Å². The van der Waals surface area contributed by atoms with Gasteiger partial charge in [0.1, 0.15) is 35.2 Å². The predicted molar refractivity (Wildman–Crippen MR) is 169 cm³/mol. The van der Waals surface area contributed by atoms with Crippen LogP contribution in [0.1, 0.15) is 43.5 Å². The van der Waals surface area contributed by atoms with Crippen LogP contribution in [0.15, 0.2) is 35.1 Å². The Morgan fingerprint density at radius 2 is 1.89 bits per heavy atom. The summed E-state index contributed by atoms with van der Waals surface area (Å²) in [5, 5.41) is 13.9. The van der Waals surface area contributed by atoms with Crippen molar-refractivity contribution in [2.45, 2.75) is 44.8 Å². The van der Waals surface area contributed by atoms with E-state index in [4.69, 9.17) is 19.6 Å². The number of benzene rings is 2. The topological polar surface area (TPSA) is 162 Å². The molecule has 3 aliphatic rings. The average Bonchev–Trinajstić information content (AvgIpc) is 3.06. The van der Waals surface area contributed by atoms with Crippen molar-refractivity contribution in [2.75, 3.05) is 56.7 Å². The summed E-state index contributed by atoms with van der Waals surface area (Å²) in [6.07, 6.45) is 3.47. The zero-order valence-electron chi connectivity index (χ0n) is 25.7. The molecular weight excluding hydrogens is 597 g/mol. The van der Waals surface area contributed by atoms with Crippen LogP contribution in [0.5, 0.6) is 5.75 Å². The normalized spacial score (nSPS) is 18.1. The first kappa shape index (κ1) is 31.4. The molecular formula is C32H38FN7O6. The Morgan fingerprint density at radius 3 is 2.63 bits per heavy atom. The molecule has 0 saturated carbocycles. The maximum atomic E-state index is 15.0. The second-order valence-corrected chi connectivity index (χ2v) is 11.8.